The van der Waals surface area contributed by atoms with Gasteiger partial charge in [-0.25, -0.2) is 0 Å². The van der Waals surface area contributed by atoms with Crippen LogP contribution in [0.15, 0.2) is 0 Å². The first-order chi connectivity index (χ1) is 9.33. The number of hydrogen-bond donors (Lipinski definition) is 3. The van der Waals surface area contributed by atoms with Gasteiger partial charge >= 0.3 is 0 Å². The number of hydrogen-bond acceptors (Lipinski definition) is 4. The quantitative estimate of drug-likeness (QED) is 0.445. The first-order valence-corrected chi connectivity index (χ1v) is 8.67. The van der Waals surface area contributed by atoms with Crippen LogP contribution in [0.25, 0.3) is 0 Å². The van der Waals surface area contributed by atoms with Crippen molar-refractivity contribution in [3.63, 3.8) is 0 Å². The van der Waals surface area contributed by atoms with Crippen molar-refractivity contribution in [1.29, 1.82) is 0 Å². The lowest BCUT2D eigenvalue weighted by atomic mass is 10.1. The van der Waals surface area contributed by atoms with Gasteiger partial charge in [0.15, 0.2) is 0 Å². The Kier molecular flexibility index (Phi) is 10.2. The van der Waals surface area contributed by atoms with Crippen molar-refractivity contribution in [2.75, 3.05) is 31.2 Å². The maximum absolute atomic E-state index is 11.7. The number of thioether (sulfide) groups is 1. The van der Waals surface area contributed by atoms with E-state index >= 15 is 0 Å². The largest absolute Gasteiger partial charge is 0.396 e. The third-order valence-electron chi connectivity index (χ3n) is 3.38. The molecule has 1 aliphatic rings. The van der Waals surface area contributed by atoms with E-state index in [1.165, 1.54) is 25.7 Å². The summed E-state index contributed by atoms with van der Waals surface area (Å²) >= 11 is 1.81. The average Bonchev–Trinajstić information content (AvgIpc) is 2.66. The third-order valence-corrected chi connectivity index (χ3v) is 4.45. The molecule has 0 bridgehead atoms. The van der Waals surface area contributed by atoms with E-state index in [4.69, 9.17) is 5.11 Å². The van der Waals surface area contributed by atoms with Gasteiger partial charge in [-0.3, -0.25) is 4.79 Å². The van der Waals surface area contributed by atoms with E-state index in [1.54, 1.807) is 0 Å². The lowest BCUT2D eigenvalue weighted by Crippen LogP contribution is -2.40. The lowest BCUT2D eigenvalue weighted by Gasteiger charge is -2.16. The molecule has 5 heteroatoms. The van der Waals surface area contributed by atoms with E-state index in [2.05, 4.69) is 10.6 Å². The van der Waals surface area contributed by atoms with Gasteiger partial charge in [0.05, 0.1) is 6.54 Å². The molecule has 0 heterocycles. The van der Waals surface area contributed by atoms with E-state index in [0.717, 1.165) is 37.3 Å². The fraction of sp³-hybridized carbons (Fsp3) is 0.929. The maximum Gasteiger partial charge on any atom is 0.234 e. The molecule has 1 fully saturated rings. The van der Waals surface area contributed by atoms with Crippen LogP contribution in [-0.4, -0.2) is 48.3 Å². The van der Waals surface area contributed by atoms with Gasteiger partial charge in [0.25, 0.3) is 0 Å². The van der Waals surface area contributed by atoms with Crippen molar-refractivity contribution in [3.8, 4) is 0 Å². The van der Waals surface area contributed by atoms with E-state index in [1.807, 2.05) is 11.8 Å². The molecule has 0 saturated heterocycles. The van der Waals surface area contributed by atoms with Crippen LogP contribution < -0.4 is 10.6 Å². The van der Waals surface area contributed by atoms with Crippen LogP contribution in [-0.2, 0) is 4.79 Å². The molecular formula is C14H28N2O2S. The lowest BCUT2D eigenvalue weighted by molar-refractivity contribution is -0.121. The molecule has 1 amide bonds. The Morgan fingerprint density at radius 2 is 1.89 bits per heavy atom. The second kappa shape index (κ2) is 11.6. The fourth-order valence-electron chi connectivity index (χ4n) is 2.32. The molecule has 1 saturated carbocycles. The van der Waals surface area contributed by atoms with Crippen LogP contribution in [0.5, 0.6) is 0 Å². The molecule has 0 atom stereocenters. The highest BCUT2D eigenvalue weighted by atomic mass is 32.2. The summed E-state index contributed by atoms with van der Waals surface area (Å²) in [5.74, 6) is 2.12. The number of carbonyl (C=O) groups is 1. The smallest absolute Gasteiger partial charge is 0.234 e. The zero-order valence-corrected chi connectivity index (χ0v) is 12.6. The maximum atomic E-state index is 11.7. The van der Waals surface area contributed by atoms with Crippen molar-refractivity contribution < 1.29 is 9.90 Å². The minimum atomic E-state index is 0.132. The number of carbonyl (C=O) groups excluding carboxylic acids is 1. The van der Waals surface area contributed by atoms with Crippen LogP contribution >= 0.6 is 11.8 Å². The van der Waals surface area contributed by atoms with Gasteiger partial charge in [-0.05, 0) is 25.0 Å². The Morgan fingerprint density at radius 3 is 2.58 bits per heavy atom. The molecule has 1 rings (SSSR count). The highest BCUT2D eigenvalue weighted by Crippen LogP contribution is 2.16. The summed E-state index contributed by atoms with van der Waals surface area (Å²) in [5, 5.41) is 14.9. The fourth-order valence-corrected chi connectivity index (χ4v) is 3.14. The van der Waals surface area contributed by atoms with Crippen molar-refractivity contribution >= 4 is 17.7 Å². The Morgan fingerprint density at radius 1 is 1.16 bits per heavy atom. The zero-order chi connectivity index (χ0) is 13.8. The Labute approximate surface area is 121 Å². The van der Waals surface area contributed by atoms with Crippen LogP contribution in [0, 0.1) is 0 Å². The van der Waals surface area contributed by atoms with Gasteiger partial charge < -0.3 is 15.7 Å². The number of nitrogens with one attached hydrogen (secondary N) is 2. The van der Waals surface area contributed by atoms with Gasteiger partial charge in [-0.15, -0.1) is 0 Å². The summed E-state index contributed by atoms with van der Waals surface area (Å²) in [5.41, 5.74) is 0. The molecule has 4 nitrogen and oxygen atoms in total. The van der Waals surface area contributed by atoms with Gasteiger partial charge in [0.1, 0.15) is 0 Å². The van der Waals surface area contributed by atoms with Gasteiger partial charge in [0.2, 0.25) is 5.91 Å². The first-order valence-electron chi connectivity index (χ1n) is 7.51. The van der Waals surface area contributed by atoms with Crippen molar-refractivity contribution in [3.05, 3.63) is 0 Å². The molecule has 0 aromatic heterocycles. The van der Waals surface area contributed by atoms with Crippen molar-refractivity contribution in [2.24, 2.45) is 0 Å². The van der Waals surface area contributed by atoms with E-state index in [9.17, 15) is 4.79 Å². The number of aliphatic hydroxyl groups is 1. The first kappa shape index (κ1) is 16.8. The van der Waals surface area contributed by atoms with Gasteiger partial charge in [-0.2, -0.15) is 11.8 Å². The molecule has 0 aliphatic heterocycles. The normalized spacial score (nSPS) is 17.1. The Bertz CT molecular complexity index is 231. The van der Waals surface area contributed by atoms with E-state index in [-0.39, 0.29) is 12.5 Å². The molecule has 3 N–H and O–H groups in total. The zero-order valence-electron chi connectivity index (χ0n) is 11.8. The predicted molar refractivity (Wildman–Crippen MR) is 81.5 cm³/mol. The number of rotatable bonds is 9. The monoisotopic (exact) mass is 288 g/mol. The number of aliphatic hydroxyl groups excluding tert-OH is 1. The molecule has 0 unspecified atom stereocenters. The van der Waals surface area contributed by atoms with Gasteiger partial charge in [-0.1, -0.05) is 25.7 Å². The van der Waals surface area contributed by atoms with Crippen molar-refractivity contribution in [1.82, 2.24) is 10.6 Å². The van der Waals surface area contributed by atoms with E-state index < -0.39 is 0 Å². The molecule has 0 spiro atoms. The third kappa shape index (κ3) is 9.30. The molecular weight excluding hydrogens is 260 g/mol. The minimum absolute atomic E-state index is 0.132. The molecule has 112 valence electrons. The second-order valence-electron chi connectivity index (χ2n) is 5.12. The Hall–Kier alpha value is -0.260. The molecule has 0 radical (unpaired) electrons. The van der Waals surface area contributed by atoms with E-state index in [0.29, 0.717) is 12.6 Å². The molecule has 19 heavy (non-hydrogen) atoms. The number of amides is 1. The topological polar surface area (TPSA) is 61.4 Å². The van der Waals surface area contributed by atoms with Crippen LogP contribution in [0.2, 0.25) is 0 Å². The summed E-state index contributed by atoms with van der Waals surface area (Å²) in [4.78, 5) is 11.7. The molecule has 1 aliphatic carbocycles. The van der Waals surface area contributed by atoms with Crippen LogP contribution in [0.4, 0.5) is 0 Å². The summed E-state index contributed by atoms with van der Waals surface area (Å²) in [6.07, 6.45) is 8.27. The Balaban J connectivity index is 1.95. The summed E-state index contributed by atoms with van der Waals surface area (Å²) in [6, 6.07) is 0.399. The summed E-state index contributed by atoms with van der Waals surface area (Å²) in [6.45, 7) is 1.55. The average molecular weight is 288 g/mol. The van der Waals surface area contributed by atoms with Gasteiger partial charge in [0, 0.05) is 24.9 Å². The highest BCUT2D eigenvalue weighted by Gasteiger charge is 2.13. The molecule has 0 aromatic carbocycles. The highest BCUT2D eigenvalue weighted by molar-refractivity contribution is 7.99. The minimum Gasteiger partial charge on any atom is -0.396 e. The summed E-state index contributed by atoms with van der Waals surface area (Å²) < 4.78 is 0. The second-order valence-corrected chi connectivity index (χ2v) is 6.35. The molecule has 0 aromatic rings. The summed E-state index contributed by atoms with van der Waals surface area (Å²) in [7, 11) is 0. The van der Waals surface area contributed by atoms with Crippen LogP contribution in [0.1, 0.15) is 44.9 Å². The van der Waals surface area contributed by atoms with Crippen LogP contribution in [0.3, 0.4) is 0 Å². The van der Waals surface area contributed by atoms with Crippen molar-refractivity contribution in [2.45, 2.75) is 51.0 Å². The standard InChI is InChI=1S/C14H28N2O2S/c17-9-5-10-19-11-8-15-12-14(18)16-13-6-3-1-2-4-7-13/h13,15,17H,1-12H2,(H,16,18). The SMILES string of the molecule is O=C(CNCCSCCCO)NC1CCCCCC1. The predicted octanol–water partition coefficient (Wildman–Crippen LogP) is 1.53.